The van der Waals surface area contributed by atoms with Gasteiger partial charge in [-0.1, -0.05) is 23.2 Å². The van der Waals surface area contributed by atoms with Gasteiger partial charge in [-0.25, -0.2) is 4.39 Å². The Bertz CT molecular complexity index is 634. The molecule has 0 N–H and O–H groups in total. The third kappa shape index (κ3) is 3.56. The summed E-state index contributed by atoms with van der Waals surface area (Å²) in [4.78, 5) is 0. The van der Waals surface area contributed by atoms with Gasteiger partial charge in [0.25, 0.3) is 0 Å². The molecular formula is C13H6BrCl3FI. The van der Waals surface area contributed by atoms with Crippen molar-refractivity contribution in [1.29, 1.82) is 0 Å². The van der Waals surface area contributed by atoms with Crippen LogP contribution in [0.5, 0.6) is 0 Å². The molecule has 2 aromatic rings. The first-order valence-electron chi connectivity index (χ1n) is 5.13. The largest absolute Gasteiger partial charge is 0.207 e. The Morgan fingerprint density at radius 2 is 1.79 bits per heavy atom. The van der Waals surface area contributed by atoms with Crippen LogP contribution >= 0.6 is 73.3 Å². The molecule has 0 spiro atoms. The van der Waals surface area contributed by atoms with Gasteiger partial charge in [0, 0.05) is 18.6 Å². The lowest BCUT2D eigenvalue weighted by molar-refractivity contribution is 0.611. The Morgan fingerprint density at radius 1 is 1.11 bits per heavy atom. The molecule has 0 aliphatic carbocycles. The molecule has 0 heterocycles. The van der Waals surface area contributed by atoms with Crippen molar-refractivity contribution in [1.82, 2.24) is 0 Å². The van der Waals surface area contributed by atoms with Crippen LogP contribution < -0.4 is 0 Å². The third-order valence-corrected chi connectivity index (χ3v) is 5.43. The van der Waals surface area contributed by atoms with Gasteiger partial charge in [-0.2, -0.15) is 0 Å². The summed E-state index contributed by atoms with van der Waals surface area (Å²) in [5, 5.41) is 0.333. The van der Waals surface area contributed by atoms with Gasteiger partial charge >= 0.3 is 0 Å². The zero-order valence-electron chi connectivity index (χ0n) is 9.23. The Morgan fingerprint density at radius 3 is 2.47 bits per heavy atom. The van der Waals surface area contributed by atoms with Crippen LogP contribution in [-0.4, -0.2) is 0 Å². The van der Waals surface area contributed by atoms with Crippen LogP contribution in [0.2, 0.25) is 10.0 Å². The lowest BCUT2D eigenvalue weighted by atomic mass is 10.0. The molecule has 0 nitrogen and oxygen atoms in total. The Balaban J connectivity index is 2.52. The van der Waals surface area contributed by atoms with E-state index in [9.17, 15) is 4.39 Å². The molecule has 2 aromatic carbocycles. The van der Waals surface area contributed by atoms with Gasteiger partial charge in [0.15, 0.2) is 0 Å². The van der Waals surface area contributed by atoms with Crippen molar-refractivity contribution in [3.63, 3.8) is 0 Å². The summed E-state index contributed by atoms with van der Waals surface area (Å²) in [6.07, 6.45) is 0. The van der Waals surface area contributed by atoms with E-state index in [0.717, 1.165) is 9.13 Å². The van der Waals surface area contributed by atoms with Crippen LogP contribution in [0.3, 0.4) is 0 Å². The molecular weight excluding hydrogens is 488 g/mol. The molecule has 0 radical (unpaired) electrons. The van der Waals surface area contributed by atoms with Crippen molar-refractivity contribution in [2.75, 3.05) is 0 Å². The standard InChI is InChI=1S/C13H6BrCl3FI/c14-9-5-11(18)7(4-10(9)16)13(17)8-3-6(15)1-2-12(8)19/h1-5,13H. The van der Waals surface area contributed by atoms with Gasteiger partial charge in [0.05, 0.1) is 10.4 Å². The second-order valence-corrected chi connectivity index (χ2v) is 7.11. The monoisotopic (exact) mass is 492 g/mol. The molecule has 0 saturated carbocycles. The lowest BCUT2D eigenvalue weighted by Gasteiger charge is -2.14. The predicted octanol–water partition coefficient (Wildman–Crippen LogP) is 6.83. The second-order valence-electron chi connectivity index (χ2n) is 3.82. The molecule has 2 rings (SSSR count). The van der Waals surface area contributed by atoms with Crippen molar-refractivity contribution >= 4 is 73.3 Å². The molecule has 0 bridgehead atoms. The van der Waals surface area contributed by atoms with Gasteiger partial charge in [-0.15, -0.1) is 11.6 Å². The van der Waals surface area contributed by atoms with E-state index < -0.39 is 11.2 Å². The molecule has 0 amide bonds. The third-order valence-electron chi connectivity index (χ3n) is 2.54. The van der Waals surface area contributed by atoms with E-state index in [2.05, 4.69) is 38.5 Å². The molecule has 0 aliphatic rings. The van der Waals surface area contributed by atoms with Crippen LogP contribution in [0.25, 0.3) is 0 Å². The van der Waals surface area contributed by atoms with Crippen LogP contribution in [-0.2, 0) is 0 Å². The summed E-state index contributed by atoms with van der Waals surface area (Å²) in [6.45, 7) is 0. The number of benzene rings is 2. The Hall–Kier alpha value is 0.450. The minimum atomic E-state index is -0.642. The van der Waals surface area contributed by atoms with Crippen LogP contribution in [0.4, 0.5) is 4.39 Å². The lowest BCUT2D eigenvalue weighted by Crippen LogP contribution is -2.00. The first-order chi connectivity index (χ1) is 8.90. The summed E-state index contributed by atoms with van der Waals surface area (Å²) in [7, 11) is 0. The fraction of sp³-hybridized carbons (Fsp3) is 0.0769. The Labute approximate surface area is 147 Å². The molecule has 0 aliphatic heterocycles. The zero-order valence-corrected chi connectivity index (χ0v) is 15.2. The molecule has 1 atom stereocenters. The molecule has 0 aromatic heterocycles. The van der Waals surface area contributed by atoms with Gasteiger partial charge in [-0.3, -0.25) is 0 Å². The summed E-state index contributed by atoms with van der Waals surface area (Å²) < 4.78 is 15.4. The molecule has 100 valence electrons. The molecule has 6 heteroatoms. The number of halogens is 6. The first-order valence-corrected chi connectivity index (χ1v) is 8.20. The smallest absolute Gasteiger partial charge is 0.129 e. The predicted molar refractivity (Wildman–Crippen MR) is 91.0 cm³/mol. The maximum absolute atomic E-state index is 14.0. The summed E-state index contributed by atoms with van der Waals surface area (Å²) in [5.41, 5.74) is 1.09. The molecule has 0 fully saturated rings. The highest BCUT2D eigenvalue weighted by atomic mass is 127. The van der Waals surface area contributed by atoms with Crippen LogP contribution in [0, 0.1) is 9.39 Å². The van der Waals surface area contributed by atoms with Crippen molar-refractivity contribution in [2.24, 2.45) is 0 Å². The highest BCUT2D eigenvalue weighted by molar-refractivity contribution is 14.1. The van der Waals surface area contributed by atoms with E-state index in [1.807, 2.05) is 6.07 Å². The molecule has 0 saturated heterocycles. The van der Waals surface area contributed by atoms with Crippen LogP contribution in [0.15, 0.2) is 34.8 Å². The molecule has 19 heavy (non-hydrogen) atoms. The average molecular weight is 494 g/mol. The molecule has 1 unspecified atom stereocenters. The van der Waals surface area contributed by atoms with Crippen molar-refractivity contribution < 1.29 is 4.39 Å². The van der Waals surface area contributed by atoms with Gasteiger partial charge in [-0.05, 0) is 74.4 Å². The van der Waals surface area contributed by atoms with Crippen molar-refractivity contribution in [3.8, 4) is 0 Å². The first kappa shape index (κ1) is 15.8. The van der Waals surface area contributed by atoms with Gasteiger partial charge < -0.3 is 0 Å². The highest BCUT2D eigenvalue weighted by Gasteiger charge is 2.19. The van der Waals surface area contributed by atoms with Crippen LogP contribution in [0.1, 0.15) is 16.5 Å². The number of alkyl halides is 1. The normalized spacial score (nSPS) is 12.5. The maximum Gasteiger partial charge on any atom is 0.129 e. The zero-order chi connectivity index (χ0) is 14.2. The number of rotatable bonds is 2. The SMILES string of the molecule is Fc1cc(Br)c(Cl)cc1C(Cl)c1cc(Cl)ccc1I. The average Bonchev–Trinajstić information content (AvgIpc) is 2.36. The van der Waals surface area contributed by atoms with E-state index in [1.54, 1.807) is 12.1 Å². The maximum atomic E-state index is 14.0. The minimum absolute atomic E-state index is 0.329. The summed E-state index contributed by atoms with van der Waals surface area (Å²) in [6, 6.07) is 8.17. The van der Waals surface area contributed by atoms with E-state index in [4.69, 9.17) is 34.8 Å². The van der Waals surface area contributed by atoms with Crippen molar-refractivity contribution in [2.45, 2.75) is 5.38 Å². The summed E-state index contributed by atoms with van der Waals surface area (Å²) in [5.74, 6) is -0.410. The van der Waals surface area contributed by atoms with E-state index in [-0.39, 0.29) is 0 Å². The van der Waals surface area contributed by atoms with E-state index in [0.29, 0.717) is 20.1 Å². The number of hydrogen-bond donors (Lipinski definition) is 0. The van der Waals surface area contributed by atoms with E-state index >= 15 is 0 Å². The fourth-order valence-electron chi connectivity index (χ4n) is 1.61. The quantitative estimate of drug-likeness (QED) is 0.244. The highest BCUT2D eigenvalue weighted by Crippen LogP contribution is 2.37. The second kappa shape index (κ2) is 6.48. The van der Waals surface area contributed by atoms with Crippen molar-refractivity contribution in [3.05, 3.63) is 65.4 Å². The summed E-state index contributed by atoms with van der Waals surface area (Å²) >= 11 is 23.6. The minimum Gasteiger partial charge on any atom is -0.207 e. The Kier molecular flexibility index (Phi) is 5.40. The fourth-order valence-corrected chi connectivity index (χ4v) is 3.46. The van der Waals surface area contributed by atoms with E-state index in [1.165, 1.54) is 12.1 Å². The topological polar surface area (TPSA) is 0 Å². The van der Waals surface area contributed by atoms with Gasteiger partial charge in [0.1, 0.15) is 5.82 Å². The van der Waals surface area contributed by atoms with Gasteiger partial charge in [0.2, 0.25) is 0 Å². The number of hydrogen-bond acceptors (Lipinski definition) is 0.